The SMILES string of the molecule is C#Cc1cc(Nc2nccc(Oc3ccc(NC(=O)Nc4cc(C(C)(C)C)cc(C=O)c4OC)c4ccccc34)n2)cc(C(=O)NCCN2CCOCC2)c1. The fourth-order valence-electron chi connectivity index (χ4n) is 6.11. The summed E-state index contributed by atoms with van der Waals surface area (Å²) in [4.78, 5) is 49.4. The molecular weight excluding hydrogens is 699 g/mol. The maximum absolute atomic E-state index is 13.4. The van der Waals surface area contributed by atoms with Crippen LogP contribution >= 0.6 is 0 Å². The number of fused-ring (bicyclic) bond motifs is 1. The topological polar surface area (TPSA) is 156 Å². The Morgan fingerprint density at radius 1 is 0.982 bits per heavy atom. The van der Waals surface area contributed by atoms with E-state index in [1.165, 1.54) is 7.11 Å². The minimum absolute atomic E-state index is 0.230. The highest BCUT2D eigenvalue weighted by Crippen LogP contribution is 2.36. The fourth-order valence-corrected chi connectivity index (χ4v) is 6.11. The molecule has 0 saturated carbocycles. The maximum atomic E-state index is 13.4. The molecule has 2 heterocycles. The number of urea groups is 1. The quantitative estimate of drug-likeness (QED) is 0.0778. The van der Waals surface area contributed by atoms with Crippen LogP contribution in [-0.4, -0.2) is 79.6 Å². The first-order chi connectivity index (χ1) is 26.5. The molecular formula is C42H43N7O6. The molecule has 3 amide bonds. The Morgan fingerprint density at radius 3 is 2.47 bits per heavy atom. The van der Waals surface area contributed by atoms with Crippen molar-refractivity contribution in [3.63, 3.8) is 0 Å². The van der Waals surface area contributed by atoms with E-state index in [0.29, 0.717) is 70.9 Å². The zero-order chi connectivity index (χ0) is 39.0. The van der Waals surface area contributed by atoms with Crippen molar-refractivity contribution >= 4 is 52.0 Å². The number of hydrogen-bond donors (Lipinski definition) is 4. The van der Waals surface area contributed by atoms with Gasteiger partial charge in [-0.05, 0) is 53.4 Å². The number of benzene rings is 4. The summed E-state index contributed by atoms with van der Waals surface area (Å²) in [6, 6.07) is 20.7. The van der Waals surface area contributed by atoms with E-state index in [4.69, 9.17) is 20.6 Å². The Balaban J connectivity index is 1.16. The Hall–Kier alpha value is -6.49. The van der Waals surface area contributed by atoms with E-state index in [9.17, 15) is 14.4 Å². The van der Waals surface area contributed by atoms with Crippen molar-refractivity contribution in [2.75, 3.05) is 62.5 Å². The van der Waals surface area contributed by atoms with Crippen LogP contribution in [0.4, 0.5) is 27.8 Å². The number of rotatable bonds is 12. The van der Waals surface area contributed by atoms with Crippen LogP contribution in [-0.2, 0) is 10.2 Å². The van der Waals surface area contributed by atoms with Crippen LogP contribution in [0.15, 0.2) is 79.0 Å². The number of morpholine rings is 1. The van der Waals surface area contributed by atoms with Gasteiger partial charge >= 0.3 is 6.03 Å². The predicted molar refractivity (Wildman–Crippen MR) is 213 cm³/mol. The van der Waals surface area contributed by atoms with Gasteiger partial charge in [-0.25, -0.2) is 9.78 Å². The molecule has 6 rings (SSSR count). The largest absolute Gasteiger partial charge is 0.494 e. The summed E-state index contributed by atoms with van der Waals surface area (Å²) in [5.74, 6) is 3.62. The number of nitrogens with one attached hydrogen (secondary N) is 4. The lowest BCUT2D eigenvalue weighted by molar-refractivity contribution is 0.0383. The number of aldehydes is 1. The first-order valence-corrected chi connectivity index (χ1v) is 17.8. The van der Waals surface area contributed by atoms with E-state index < -0.39 is 6.03 Å². The highest BCUT2D eigenvalue weighted by Gasteiger charge is 2.21. The summed E-state index contributed by atoms with van der Waals surface area (Å²) in [5.41, 5.74) is 3.29. The third kappa shape index (κ3) is 9.55. The number of ether oxygens (including phenoxy) is 3. The van der Waals surface area contributed by atoms with E-state index in [2.05, 4.69) is 42.1 Å². The van der Waals surface area contributed by atoms with Crippen LogP contribution in [0.5, 0.6) is 17.4 Å². The second-order valence-corrected chi connectivity index (χ2v) is 13.8. The molecule has 0 unspecified atom stereocenters. The summed E-state index contributed by atoms with van der Waals surface area (Å²) >= 11 is 0. The van der Waals surface area contributed by atoms with E-state index in [1.807, 2.05) is 51.1 Å². The number of carbonyl (C=O) groups is 3. The fraction of sp³-hybridized carbons (Fsp3) is 0.262. The summed E-state index contributed by atoms with van der Waals surface area (Å²) < 4.78 is 17.1. The standard InChI is InChI=1S/C42H43N7O6/c1-6-27-21-28(39(51)43-15-16-49-17-19-54-20-18-49)24-31(22-27)45-40-44-14-13-37(48-40)55-36-12-11-34(32-9-7-8-10-33(32)36)46-41(52)47-35-25-30(42(2,3)4)23-29(26-50)38(35)53-5/h1,7-14,21-26H,15-20H2,2-5H3,(H,43,51)(H,44,45,48)(H2,46,47,52). The normalized spacial score (nSPS) is 13.0. The number of amides is 3. The minimum atomic E-state index is -0.519. The number of terminal acetylenes is 1. The lowest BCUT2D eigenvalue weighted by Gasteiger charge is -2.26. The lowest BCUT2D eigenvalue weighted by atomic mass is 9.85. The van der Waals surface area contributed by atoms with Gasteiger partial charge in [0.05, 0.1) is 37.3 Å². The molecule has 282 valence electrons. The van der Waals surface area contributed by atoms with Crippen molar-refractivity contribution in [1.29, 1.82) is 0 Å². The highest BCUT2D eigenvalue weighted by molar-refractivity contribution is 6.08. The summed E-state index contributed by atoms with van der Waals surface area (Å²) in [6.45, 7) is 10.4. The van der Waals surface area contributed by atoms with Gasteiger partial charge in [0, 0.05) is 66.0 Å². The van der Waals surface area contributed by atoms with Crippen LogP contribution in [0.2, 0.25) is 0 Å². The van der Waals surface area contributed by atoms with Crippen LogP contribution < -0.4 is 30.7 Å². The van der Waals surface area contributed by atoms with Crippen LogP contribution in [0, 0.1) is 12.3 Å². The monoisotopic (exact) mass is 741 g/mol. The molecule has 4 N–H and O–H groups in total. The Bertz CT molecular complexity index is 2260. The second kappa shape index (κ2) is 17.1. The van der Waals surface area contributed by atoms with Gasteiger partial charge in [-0.3, -0.25) is 14.5 Å². The molecule has 1 saturated heterocycles. The van der Waals surface area contributed by atoms with Crippen LogP contribution in [0.1, 0.15) is 52.6 Å². The van der Waals surface area contributed by atoms with E-state index >= 15 is 0 Å². The third-order valence-corrected chi connectivity index (χ3v) is 8.98. The van der Waals surface area contributed by atoms with Crippen molar-refractivity contribution in [2.24, 2.45) is 0 Å². The maximum Gasteiger partial charge on any atom is 0.323 e. The van der Waals surface area contributed by atoms with Crippen LogP contribution in [0.25, 0.3) is 10.8 Å². The molecule has 0 spiro atoms. The van der Waals surface area contributed by atoms with Gasteiger partial charge in [0.25, 0.3) is 5.91 Å². The molecule has 1 aliphatic heterocycles. The van der Waals surface area contributed by atoms with Gasteiger partial charge in [0.1, 0.15) is 5.75 Å². The van der Waals surface area contributed by atoms with Crippen molar-refractivity contribution in [3.8, 4) is 29.7 Å². The van der Waals surface area contributed by atoms with Gasteiger partial charge in [-0.2, -0.15) is 4.98 Å². The van der Waals surface area contributed by atoms with Crippen molar-refractivity contribution < 1.29 is 28.6 Å². The molecule has 0 aliphatic carbocycles. The van der Waals surface area contributed by atoms with Gasteiger partial charge in [0.15, 0.2) is 12.0 Å². The van der Waals surface area contributed by atoms with Gasteiger partial charge in [0.2, 0.25) is 11.8 Å². The first kappa shape index (κ1) is 38.2. The summed E-state index contributed by atoms with van der Waals surface area (Å²) in [7, 11) is 1.45. The van der Waals surface area contributed by atoms with Gasteiger partial charge in [-0.1, -0.05) is 51.0 Å². The molecule has 1 aliphatic rings. The van der Waals surface area contributed by atoms with Crippen molar-refractivity contribution in [3.05, 3.63) is 101 Å². The Kier molecular flexibility index (Phi) is 11.9. The number of nitrogens with zero attached hydrogens (tertiary/aromatic N) is 3. The molecule has 0 radical (unpaired) electrons. The number of aromatic nitrogens is 2. The number of methoxy groups -OCH3 is 1. The molecule has 1 aromatic heterocycles. The first-order valence-electron chi connectivity index (χ1n) is 17.8. The third-order valence-electron chi connectivity index (χ3n) is 8.98. The van der Waals surface area contributed by atoms with Crippen LogP contribution in [0.3, 0.4) is 0 Å². The van der Waals surface area contributed by atoms with E-state index in [0.717, 1.165) is 30.6 Å². The smallest absolute Gasteiger partial charge is 0.323 e. The zero-order valence-corrected chi connectivity index (χ0v) is 31.2. The number of anilines is 4. The van der Waals surface area contributed by atoms with E-state index in [-0.39, 0.29) is 28.9 Å². The molecule has 13 nitrogen and oxygen atoms in total. The lowest BCUT2D eigenvalue weighted by Crippen LogP contribution is -2.41. The van der Waals surface area contributed by atoms with Crippen molar-refractivity contribution in [2.45, 2.75) is 26.2 Å². The predicted octanol–water partition coefficient (Wildman–Crippen LogP) is 6.97. The molecule has 0 bridgehead atoms. The Labute approximate surface area is 319 Å². The van der Waals surface area contributed by atoms with Gasteiger partial charge in [-0.15, -0.1) is 6.42 Å². The number of hydrogen-bond acceptors (Lipinski definition) is 10. The highest BCUT2D eigenvalue weighted by atomic mass is 16.5. The molecule has 4 aromatic carbocycles. The second-order valence-electron chi connectivity index (χ2n) is 13.8. The average Bonchev–Trinajstić information content (AvgIpc) is 3.18. The van der Waals surface area contributed by atoms with Crippen molar-refractivity contribution in [1.82, 2.24) is 20.2 Å². The molecule has 0 atom stereocenters. The summed E-state index contributed by atoms with van der Waals surface area (Å²) in [5, 5.41) is 13.3. The summed E-state index contributed by atoms with van der Waals surface area (Å²) in [6.07, 6.45) is 7.99. The molecule has 55 heavy (non-hydrogen) atoms. The molecule has 13 heteroatoms. The molecule has 1 fully saturated rings. The zero-order valence-electron chi connectivity index (χ0n) is 31.2. The van der Waals surface area contributed by atoms with E-state index in [1.54, 1.807) is 48.7 Å². The average molecular weight is 742 g/mol. The number of carbonyl (C=O) groups excluding carboxylic acids is 3. The Morgan fingerprint density at radius 2 is 1.75 bits per heavy atom. The minimum Gasteiger partial charge on any atom is -0.494 e. The van der Waals surface area contributed by atoms with Gasteiger partial charge < -0.3 is 35.5 Å². The molecule has 5 aromatic rings.